The molecule has 0 spiro atoms. The second kappa shape index (κ2) is 6.71. The molecule has 0 aliphatic heterocycles. The third kappa shape index (κ3) is 3.28. The summed E-state index contributed by atoms with van der Waals surface area (Å²) in [5, 5.41) is 0.505. The summed E-state index contributed by atoms with van der Waals surface area (Å²) in [6, 6.07) is 10.1. The molecule has 1 aromatic heterocycles. The fourth-order valence-electron chi connectivity index (χ4n) is 2.25. The SMILES string of the molecule is CCCc1nc(Cl)cc(N(CC)c2ccccc2C)n1. The quantitative estimate of drug-likeness (QED) is 0.756. The van der Waals surface area contributed by atoms with Crippen molar-refractivity contribution in [3.8, 4) is 0 Å². The van der Waals surface area contributed by atoms with Gasteiger partial charge >= 0.3 is 0 Å². The number of halogens is 1. The van der Waals surface area contributed by atoms with Gasteiger partial charge in [0.1, 0.15) is 16.8 Å². The normalized spacial score (nSPS) is 10.6. The maximum Gasteiger partial charge on any atom is 0.138 e. The Labute approximate surface area is 125 Å². The summed E-state index contributed by atoms with van der Waals surface area (Å²) in [5.74, 6) is 1.67. The van der Waals surface area contributed by atoms with Gasteiger partial charge in [0.15, 0.2) is 0 Å². The Morgan fingerprint density at radius 2 is 1.90 bits per heavy atom. The van der Waals surface area contributed by atoms with Crippen LogP contribution in [0.25, 0.3) is 0 Å². The number of hydrogen-bond donors (Lipinski definition) is 0. The van der Waals surface area contributed by atoms with Crippen molar-refractivity contribution in [2.24, 2.45) is 0 Å². The zero-order valence-corrected chi connectivity index (χ0v) is 13.0. The lowest BCUT2D eigenvalue weighted by Crippen LogP contribution is -2.19. The Morgan fingerprint density at radius 3 is 2.55 bits per heavy atom. The molecule has 0 unspecified atom stereocenters. The molecule has 0 saturated carbocycles. The van der Waals surface area contributed by atoms with E-state index in [9.17, 15) is 0 Å². The van der Waals surface area contributed by atoms with Gasteiger partial charge in [-0.05, 0) is 31.9 Å². The van der Waals surface area contributed by atoms with Gasteiger partial charge in [0.25, 0.3) is 0 Å². The highest BCUT2D eigenvalue weighted by molar-refractivity contribution is 6.29. The van der Waals surface area contributed by atoms with Crippen LogP contribution in [0.5, 0.6) is 0 Å². The summed E-state index contributed by atoms with van der Waals surface area (Å²) < 4.78 is 0. The van der Waals surface area contributed by atoms with Crippen molar-refractivity contribution in [3.05, 3.63) is 46.9 Å². The van der Waals surface area contributed by atoms with Crippen molar-refractivity contribution in [1.82, 2.24) is 9.97 Å². The molecule has 0 bridgehead atoms. The first-order chi connectivity index (χ1) is 9.65. The molecule has 20 heavy (non-hydrogen) atoms. The van der Waals surface area contributed by atoms with E-state index in [4.69, 9.17) is 11.6 Å². The number of benzene rings is 1. The molecule has 2 aromatic rings. The van der Waals surface area contributed by atoms with Crippen LogP contribution in [-0.4, -0.2) is 16.5 Å². The first kappa shape index (κ1) is 14.8. The fourth-order valence-corrected chi connectivity index (χ4v) is 2.44. The van der Waals surface area contributed by atoms with Crippen LogP contribution in [0.2, 0.25) is 5.15 Å². The number of aryl methyl sites for hydroxylation is 2. The van der Waals surface area contributed by atoms with Crippen LogP contribution in [0.4, 0.5) is 11.5 Å². The monoisotopic (exact) mass is 289 g/mol. The molecule has 1 aromatic carbocycles. The molecular weight excluding hydrogens is 270 g/mol. The van der Waals surface area contributed by atoms with Gasteiger partial charge < -0.3 is 4.90 Å². The molecule has 4 heteroatoms. The molecule has 1 heterocycles. The predicted octanol–water partition coefficient (Wildman–Crippen LogP) is 4.55. The molecule has 106 valence electrons. The predicted molar refractivity (Wildman–Crippen MR) is 84.9 cm³/mol. The molecule has 0 aliphatic carbocycles. The van der Waals surface area contributed by atoms with E-state index >= 15 is 0 Å². The van der Waals surface area contributed by atoms with Crippen molar-refractivity contribution in [3.63, 3.8) is 0 Å². The van der Waals surface area contributed by atoms with Crippen molar-refractivity contribution in [2.75, 3.05) is 11.4 Å². The van der Waals surface area contributed by atoms with E-state index < -0.39 is 0 Å². The minimum absolute atomic E-state index is 0.505. The van der Waals surface area contributed by atoms with E-state index in [0.717, 1.165) is 36.7 Å². The highest BCUT2D eigenvalue weighted by Gasteiger charge is 2.13. The Morgan fingerprint density at radius 1 is 1.15 bits per heavy atom. The van der Waals surface area contributed by atoms with Gasteiger partial charge in [0.2, 0.25) is 0 Å². The minimum Gasteiger partial charge on any atom is -0.326 e. The number of para-hydroxylation sites is 1. The first-order valence-corrected chi connectivity index (χ1v) is 7.40. The van der Waals surface area contributed by atoms with Crippen LogP contribution in [0.1, 0.15) is 31.7 Å². The smallest absolute Gasteiger partial charge is 0.138 e. The lowest BCUT2D eigenvalue weighted by Gasteiger charge is -2.24. The van der Waals surface area contributed by atoms with Gasteiger partial charge in [-0.1, -0.05) is 36.7 Å². The summed E-state index contributed by atoms with van der Waals surface area (Å²) >= 11 is 6.14. The lowest BCUT2D eigenvalue weighted by atomic mass is 10.2. The molecule has 0 N–H and O–H groups in total. The van der Waals surface area contributed by atoms with E-state index in [1.807, 2.05) is 18.2 Å². The second-order valence-corrected chi connectivity index (χ2v) is 5.13. The van der Waals surface area contributed by atoms with Crippen LogP contribution >= 0.6 is 11.6 Å². The zero-order chi connectivity index (χ0) is 14.5. The molecule has 3 nitrogen and oxygen atoms in total. The molecule has 0 saturated heterocycles. The Kier molecular flexibility index (Phi) is 4.96. The van der Waals surface area contributed by atoms with Crippen LogP contribution < -0.4 is 4.90 Å². The number of aromatic nitrogens is 2. The number of nitrogens with zero attached hydrogens (tertiary/aromatic N) is 3. The first-order valence-electron chi connectivity index (χ1n) is 7.02. The summed E-state index contributed by atoms with van der Waals surface area (Å²) in [7, 11) is 0. The molecule has 0 amide bonds. The summed E-state index contributed by atoms with van der Waals surface area (Å²) in [5.41, 5.74) is 2.38. The Balaban J connectivity index is 2.44. The van der Waals surface area contributed by atoms with Gasteiger partial charge in [0.05, 0.1) is 0 Å². The van der Waals surface area contributed by atoms with Gasteiger partial charge in [-0.3, -0.25) is 0 Å². The maximum atomic E-state index is 6.14. The summed E-state index contributed by atoms with van der Waals surface area (Å²) in [6.45, 7) is 7.17. The van der Waals surface area contributed by atoms with Crippen LogP contribution in [0.3, 0.4) is 0 Å². The highest BCUT2D eigenvalue weighted by Crippen LogP contribution is 2.27. The number of anilines is 2. The second-order valence-electron chi connectivity index (χ2n) is 4.75. The van der Waals surface area contributed by atoms with Gasteiger partial charge in [-0.25, -0.2) is 9.97 Å². The minimum atomic E-state index is 0.505. The third-order valence-electron chi connectivity index (χ3n) is 3.20. The topological polar surface area (TPSA) is 29.0 Å². The standard InChI is InChI=1S/C16H20ClN3/c1-4-8-15-18-14(17)11-16(19-15)20(5-2)13-10-7-6-9-12(13)3/h6-7,9-11H,4-5,8H2,1-3H3. The summed E-state index contributed by atoms with van der Waals surface area (Å²) in [6.07, 6.45) is 1.86. The molecule has 0 radical (unpaired) electrons. The average Bonchev–Trinajstić information content (AvgIpc) is 2.41. The van der Waals surface area contributed by atoms with Crippen LogP contribution in [0.15, 0.2) is 30.3 Å². The van der Waals surface area contributed by atoms with E-state index in [-0.39, 0.29) is 0 Å². The van der Waals surface area contributed by atoms with E-state index in [1.54, 1.807) is 0 Å². The average molecular weight is 290 g/mol. The number of rotatable bonds is 5. The van der Waals surface area contributed by atoms with Crippen molar-refractivity contribution in [1.29, 1.82) is 0 Å². The fraction of sp³-hybridized carbons (Fsp3) is 0.375. The van der Waals surface area contributed by atoms with Crippen LogP contribution in [0, 0.1) is 6.92 Å². The lowest BCUT2D eigenvalue weighted by molar-refractivity contribution is 0.825. The third-order valence-corrected chi connectivity index (χ3v) is 3.39. The van der Waals surface area contributed by atoms with Gasteiger partial charge in [-0.15, -0.1) is 0 Å². The Hall–Kier alpha value is -1.61. The largest absolute Gasteiger partial charge is 0.326 e. The van der Waals surface area contributed by atoms with E-state index in [0.29, 0.717) is 5.15 Å². The van der Waals surface area contributed by atoms with E-state index in [2.05, 4.69) is 47.8 Å². The zero-order valence-electron chi connectivity index (χ0n) is 12.2. The Bertz CT molecular complexity index is 584. The van der Waals surface area contributed by atoms with E-state index in [1.165, 1.54) is 5.56 Å². The van der Waals surface area contributed by atoms with Gasteiger partial charge in [-0.2, -0.15) is 0 Å². The summed E-state index contributed by atoms with van der Waals surface area (Å²) in [4.78, 5) is 11.1. The molecule has 0 atom stereocenters. The molecule has 0 fully saturated rings. The molecule has 0 aliphatic rings. The highest BCUT2D eigenvalue weighted by atomic mass is 35.5. The molecular formula is C16H20ClN3. The van der Waals surface area contributed by atoms with Crippen molar-refractivity contribution < 1.29 is 0 Å². The van der Waals surface area contributed by atoms with Crippen molar-refractivity contribution in [2.45, 2.75) is 33.6 Å². The van der Waals surface area contributed by atoms with Crippen molar-refractivity contribution >= 4 is 23.1 Å². The molecule has 2 rings (SSSR count). The van der Waals surface area contributed by atoms with Crippen LogP contribution in [-0.2, 0) is 6.42 Å². The maximum absolute atomic E-state index is 6.14. The number of hydrogen-bond acceptors (Lipinski definition) is 3. The van der Waals surface area contributed by atoms with Gasteiger partial charge in [0, 0.05) is 24.7 Å².